The zero-order valence-electron chi connectivity index (χ0n) is 20.7. The standard InChI is InChI=1S/C26H29Cl2F4N5O/c1-14-7-17-16(3-4-21-18(17)10-33-35-21)25(37(14)13-26(30,31)32)24-19(27)8-15(9-20(24)28)34-22-11-36(6-2-5-29)12-23(22)38/h3-4,8-10,14,22-23,25,34,38H,2,5-7,11-13H2,1H3,(H,33,35)/t14-,22-,23-,25+/m1/s1. The number of benzene rings is 2. The number of nitrogens with zero attached hydrogens (tertiary/aromatic N) is 3. The Morgan fingerprint density at radius 3 is 2.61 bits per heavy atom. The largest absolute Gasteiger partial charge is 0.401 e. The minimum absolute atomic E-state index is 0.228. The Bertz CT molecular complexity index is 1280. The summed E-state index contributed by atoms with van der Waals surface area (Å²) < 4.78 is 53.8. The van der Waals surface area contributed by atoms with Gasteiger partial charge in [0.1, 0.15) is 0 Å². The van der Waals surface area contributed by atoms with Gasteiger partial charge in [-0.25, -0.2) is 0 Å². The van der Waals surface area contributed by atoms with E-state index in [9.17, 15) is 22.7 Å². The first kappa shape index (κ1) is 27.5. The van der Waals surface area contributed by atoms with Crippen LogP contribution in [0.1, 0.15) is 36.1 Å². The molecule has 1 fully saturated rings. The Labute approximate surface area is 227 Å². The maximum atomic E-state index is 13.7. The molecule has 3 heterocycles. The predicted octanol–water partition coefficient (Wildman–Crippen LogP) is 5.58. The van der Waals surface area contributed by atoms with Crippen LogP contribution in [0.3, 0.4) is 0 Å². The smallest absolute Gasteiger partial charge is 0.390 e. The summed E-state index contributed by atoms with van der Waals surface area (Å²) in [6.07, 6.45) is -2.58. The summed E-state index contributed by atoms with van der Waals surface area (Å²) in [6.45, 7) is 1.72. The normalized spacial score (nSPS) is 24.7. The molecule has 12 heteroatoms. The van der Waals surface area contributed by atoms with Crippen LogP contribution in [0.15, 0.2) is 30.5 Å². The molecule has 0 spiro atoms. The lowest BCUT2D eigenvalue weighted by Gasteiger charge is -2.43. The predicted molar refractivity (Wildman–Crippen MR) is 141 cm³/mol. The van der Waals surface area contributed by atoms with Gasteiger partial charge in [-0.1, -0.05) is 29.3 Å². The molecule has 0 bridgehead atoms. The minimum atomic E-state index is -4.42. The van der Waals surface area contributed by atoms with Crippen LogP contribution in [0.4, 0.5) is 23.2 Å². The number of hydrogen-bond donors (Lipinski definition) is 3. The second-order valence-electron chi connectivity index (χ2n) is 10.2. The zero-order chi connectivity index (χ0) is 27.2. The summed E-state index contributed by atoms with van der Waals surface area (Å²) in [7, 11) is 0. The summed E-state index contributed by atoms with van der Waals surface area (Å²) in [5.41, 5.74) is 3.39. The molecular weight excluding hydrogens is 545 g/mol. The van der Waals surface area contributed by atoms with Crippen molar-refractivity contribution in [1.82, 2.24) is 20.0 Å². The van der Waals surface area contributed by atoms with Crippen LogP contribution < -0.4 is 5.32 Å². The maximum Gasteiger partial charge on any atom is 0.401 e. The van der Waals surface area contributed by atoms with E-state index in [1.807, 2.05) is 17.0 Å². The Hall–Kier alpha value is -2.11. The van der Waals surface area contributed by atoms with Crippen LogP contribution in [-0.4, -0.2) is 82.3 Å². The van der Waals surface area contributed by atoms with Gasteiger partial charge in [-0.15, -0.1) is 0 Å². The molecule has 2 aliphatic heterocycles. The summed E-state index contributed by atoms with van der Waals surface area (Å²) in [6, 6.07) is 5.32. The molecule has 6 nitrogen and oxygen atoms in total. The lowest BCUT2D eigenvalue weighted by Crippen LogP contribution is -2.47. The third-order valence-electron chi connectivity index (χ3n) is 7.50. The van der Waals surface area contributed by atoms with E-state index in [1.54, 1.807) is 25.3 Å². The van der Waals surface area contributed by atoms with Crippen LogP contribution >= 0.6 is 23.2 Å². The van der Waals surface area contributed by atoms with Gasteiger partial charge in [0.05, 0.1) is 43.1 Å². The highest BCUT2D eigenvalue weighted by Gasteiger charge is 2.42. The molecule has 3 N–H and O–H groups in total. The van der Waals surface area contributed by atoms with Gasteiger partial charge in [0, 0.05) is 52.4 Å². The van der Waals surface area contributed by atoms with Gasteiger partial charge >= 0.3 is 6.18 Å². The molecule has 1 saturated heterocycles. The number of alkyl halides is 4. The summed E-state index contributed by atoms with van der Waals surface area (Å²) in [5.74, 6) is 0. The molecule has 0 unspecified atom stereocenters. The Morgan fingerprint density at radius 1 is 1.18 bits per heavy atom. The van der Waals surface area contributed by atoms with Gasteiger partial charge in [0.2, 0.25) is 0 Å². The molecular formula is C26H29Cl2F4N5O. The fourth-order valence-electron chi connectivity index (χ4n) is 5.81. The number of aliphatic hydroxyl groups is 1. The topological polar surface area (TPSA) is 67.4 Å². The number of anilines is 1. The molecule has 38 heavy (non-hydrogen) atoms. The van der Waals surface area contributed by atoms with E-state index in [0.717, 1.165) is 16.5 Å². The van der Waals surface area contributed by atoms with Crippen LogP contribution in [0.2, 0.25) is 10.0 Å². The monoisotopic (exact) mass is 573 g/mol. The Kier molecular flexibility index (Phi) is 7.81. The van der Waals surface area contributed by atoms with Gasteiger partial charge in [-0.2, -0.15) is 18.3 Å². The third-order valence-corrected chi connectivity index (χ3v) is 8.13. The van der Waals surface area contributed by atoms with E-state index in [1.165, 1.54) is 4.90 Å². The maximum absolute atomic E-state index is 13.7. The van der Waals surface area contributed by atoms with Crippen molar-refractivity contribution in [3.05, 3.63) is 57.2 Å². The first-order valence-corrected chi connectivity index (χ1v) is 13.3. The van der Waals surface area contributed by atoms with Gasteiger partial charge in [0.25, 0.3) is 0 Å². The van der Waals surface area contributed by atoms with Gasteiger partial charge < -0.3 is 10.4 Å². The molecule has 1 aromatic heterocycles. The van der Waals surface area contributed by atoms with Crippen molar-refractivity contribution < 1.29 is 22.7 Å². The fraction of sp³-hybridized carbons (Fsp3) is 0.500. The minimum Gasteiger partial charge on any atom is -0.390 e. The highest BCUT2D eigenvalue weighted by molar-refractivity contribution is 6.36. The SMILES string of the molecule is C[C@@H]1Cc2c(ccc3[nH]ncc23)[C@@H](c2c(Cl)cc(N[C@@H]3CN(CCCF)C[C@H]3O)cc2Cl)N1CC(F)(F)F. The summed E-state index contributed by atoms with van der Waals surface area (Å²) >= 11 is 13.5. The van der Waals surface area contributed by atoms with Crippen LogP contribution in [-0.2, 0) is 6.42 Å². The van der Waals surface area contributed by atoms with E-state index in [0.29, 0.717) is 49.3 Å². The van der Waals surface area contributed by atoms with E-state index in [-0.39, 0.29) is 16.1 Å². The summed E-state index contributed by atoms with van der Waals surface area (Å²) in [5, 5.41) is 22.1. The Balaban J connectivity index is 1.51. The highest BCUT2D eigenvalue weighted by atomic mass is 35.5. The van der Waals surface area contributed by atoms with Gasteiger partial charge in [-0.05, 0) is 49.1 Å². The number of aliphatic hydroxyl groups excluding tert-OH is 1. The van der Waals surface area contributed by atoms with Crippen LogP contribution in [0, 0.1) is 0 Å². The number of rotatable bonds is 7. The molecule has 206 valence electrons. The highest BCUT2D eigenvalue weighted by Crippen LogP contribution is 2.46. The number of likely N-dealkylation sites (tertiary alicyclic amines) is 1. The molecule has 4 atom stereocenters. The van der Waals surface area contributed by atoms with Crippen molar-refractivity contribution in [3.63, 3.8) is 0 Å². The Morgan fingerprint density at radius 2 is 1.92 bits per heavy atom. The average molecular weight is 574 g/mol. The van der Waals surface area contributed by atoms with Crippen molar-refractivity contribution in [2.75, 3.05) is 38.2 Å². The number of β-amino-alcohol motifs (C(OH)–C–C–N with tert-alkyl or cyclic N) is 1. The van der Waals surface area contributed by atoms with Gasteiger partial charge in [0.15, 0.2) is 0 Å². The van der Waals surface area contributed by atoms with Gasteiger partial charge in [-0.3, -0.25) is 19.3 Å². The number of halogens is 6. The number of fused-ring (bicyclic) bond motifs is 3. The molecule has 0 radical (unpaired) electrons. The molecule has 2 aliphatic rings. The number of aromatic nitrogens is 2. The molecule has 5 rings (SSSR count). The lowest BCUT2D eigenvalue weighted by molar-refractivity contribution is -0.155. The molecule has 0 saturated carbocycles. The van der Waals surface area contributed by atoms with Crippen LogP contribution in [0.5, 0.6) is 0 Å². The summed E-state index contributed by atoms with van der Waals surface area (Å²) in [4.78, 5) is 3.38. The fourth-order valence-corrected chi connectivity index (χ4v) is 6.51. The van der Waals surface area contributed by atoms with Crippen LogP contribution in [0.25, 0.3) is 10.9 Å². The van der Waals surface area contributed by atoms with E-state index < -0.39 is 37.6 Å². The van der Waals surface area contributed by atoms with Crippen molar-refractivity contribution in [3.8, 4) is 0 Å². The molecule has 2 aromatic carbocycles. The molecule has 0 aliphatic carbocycles. The second-order valence-corrected chi connectivity index (χ2v) is 11.0. The number of hydrogen-bond acceptors (Lipinski definition) is 5. The van der Waals surface area contributed by atoms with Crippen molar-refractivity contribution >= 4 is 39.8 Å². The van der Waals surface area contributed by atoms with E-state index >= 15 is 0 Å². The van der Waals surface area contributed by atoms with E-state index in [4.69, 9.17) is 23.2 Å². The quantitative estimate of drug-likeness (QED) is 0.322. The third kappa shape index (κ3) is 5.47. The first-order chi connectivity index (χ1) is 18.1. The molecule has 3 aromatic rings. The van der Waals surface area contributed by atoms with Crippen molar-refractivity contribution in [2.45, 2.75) is 50.2 Å². The van der Waals surface area contributed by atoms with Crippen molar-refractivity contribution in [2.24, 2.45) is 0 Å². The zero-order valence-corrected chi connectivity index (χ0v) is 22.2. The number of nitrogens with one attached hydrogen (secondary N) is 2. The molecule has 0 amide bonds. The number of aromatic amines is 1. The average Bonchev–Trinajstić information content (AvgIpc) is 3.45. The van der Waals surface area contributed by atoms with Crippen molar-refractivity contribution in [1.29, 1.82) is 0 Å². The number of H-pyrrole nitrogens is 1. The lowest BCUT2D eigenvalue weighted by atomic mass is 9.83. The van der Waals surface area contributed by atoms with E-state index in [2.05, 4.69) is 15.5 Å². The second kappa shape index (κ2) is 10.8. The first-order valence-electron chi connectivity index (χ1n) is 12.5.